The number of phenols is 1. The van der Waals surface area contributed by atoms with E-state index in [0.717, 1.165) is 11.3 Å². The second kappa shape index (κ2) is 3.37. The summed E-state index contributed by atoms with van der Waals surface area (Å²) < 4.78 is 0. The molecule has 0 amide bonds. The Labute approximate surface area is 91.6 Å². The van der Waals surface area contributed by atoms with E-state index in [2.05, 4.69) is 20.0 Å². The van der Waals surface area contributed by atoms with Crippen molar-refractivity contribution in [1.82, 2.24) is 0 Å². The maximum absolute atomic E-state index is 9.23. The first-order valence-corrected chi connectivity index (χ1v) is 4.83. The average molecular weight is 212 g/mol. The van der Waals surface area contributed by atoms with Crippen LogP contribution in [0, 0.1) is 0 Å². The number of amidine groups is 1. The van der Waals surface area contributed by atoms with E-state index < -0.39 is 0 Å². The van der Waals surface area contributed by atoms with E-state index in [1.54, 1.807) is 12.1 Å². The van der Waals surface area contributed by atoms with Crippen LogP contribution in [0.1, 0.15) is 11.6 Å². The highest BCUT2D eigenvalue weighted by molar-refractivity contribution is 6.49. The number of aromatic hydroxyl groups is 1. The summed E-state index contributed by atoms with van der Waals surface area (Å²) in [7, 11) is 0. The Morgan fingerprint density at radius 3 is 2.62 bits per heavy atom. The summed E-state index contributed by atoms with van der Waals surface area (Å²) in [6.07, 6.45) is 2.98. The van der Waals surface area contributed by atoms with Gasteiger partial charge in [-0.3, -0.25) is 4.99 Å². The summed E-state index contributed by atoms with van der Waals surface area (Å²) in [6, 6.07) is 6.73. The third-order valence-corrected chi connectivity index (χ3v) is 2.47. The van der Waals surface area contributed by atoms with Gasteiger partial charge in [-0.25, -0.2) is 15.0 Å². The first kappa shape index (κ1) is 8.96. The third kappa shape index (κ3) is 1.33. The van der Waals surface area contributed by atoms with Crippen LogP contribution in [-0.4, -0.2) is 29.3 Å². The quantitative estimate of drug-likeness (QED) is 0.750. The molecule has 1 aromatic rings. The van der Waals surface area contributed by atoms with Crippen molar-refractivity contribution >= 4 is 24.2 Å². The van der Waals surface area contributed by atoms with E-state index in [-0.39, 0.29) is 11.8 Å². The molecule has 0 aromatic heterocycles. The van der Waals surface area contributed by atoms with E-state index in [1.165, 1.54) is 12.7 Å². The van der Waals surface area contributed by atoms with Crippen LogP contribution in [-0.2, 0) is 0 Å². The van der Waals surface area contributed by atoms with Crippen molar-refractivity contribution in [2.45, 2.75) is 6.04 Å². The van der Waals surface area contributed by atoms with Gasteiger partial charge in [0.2, 0.25) is 0 Å². The maximum Gasteiger partial charge on any atom is 0.179 e. The Bertz CT molecular complexity index is 540. The van der Waals surface area contributed by atoms with Crippen LogP contribution < -0.4 is 0 Å². The summed E-state index contributed by atoms with van der Waals surface area (Å²) >= 11 is 0. The fraction of sp³-hybridized carbons (Fsp3) is 0.0909. The lowest BCUT2D eigenvalue weighted by Gasteiger charge is -2.15. The van der Waals surface area contributed by atoms with Crippen molar-refractivity contribution in [3.05, 3.63) is 29.8 Å². The summed E-state index contributed by atoms with van der Waals surface area (Å²) in [5.74, 6) is 0.857. The largest absolute Gasteiger partial charge is 0.508 e. The Kier molecular flexibility index (Phi) is 1.89. The number of aliphatic imine (C=N–C) groups is 4. The second-order valence-corrected chi connectivity index (χ2v) is 3.47. The highest BCUT2D eigenvalue weighted by Gasteiger charge is 2.26. The van der Waals surface area contributed by atoms with Gasteiger partial charge in [0.1, 0.15) is 30.2 Å². The number of rotatable bonds is 1. The summed E-state index contributed by atoms with van der Waals surface area (Å²) in [5.41, 5.74) is 1.72. The van der Waals surface area contributed by atoms with Gasteiger partial charge in [0, 0.05) is 0 Å². The third-order valence-electron chi connectivity index (χ3n) is 2.47. The molecule has 2 aliphatic rings. The summed E-state index contributed by atoms with van der Waals surface area (Å²) in [4.78, 5) is 16.5. The normalized spacial score (nSPS) is 21.6. The van der Waals surface area contributed by atoms with E-state index in [9.17, 15) is 5.11 Å². The van der Waals surface area contributed by atoms with Crippen LogP contribution in [0.5, 0.6) is 5.75 Å². The number of nitrogens with zero attached hydrogens (tertiary/aromatic N) is 4. The maximum atomic E-state index is 9.23. The van der Waals surface area contributed by atoms with Gasteiger partial charge in [-0.2, -0.15) is 0 Å². The highest BCUT2D eigenvalue weighted by Crippen LogP contribution is 2.25. The zero-order valence-electron chi connectivity index (χ0n) is 8.28. The van der Waals surface area contributed by atoms with E-state index in [0.29, 0.717) is 5.84 Å². The molecule has 3 rings (SSSR count). The lowest BCUT2D eigenvalue weighted by atomic mass is 10.0. The van der Waals surface area contributed by atoms with E-state index in [1.807, 2.05) is 12.1 Å². The first-order valence-electron chi connectivity index (χ1n) is 4.83. The van der Waals surface area contributed by atoms with Crippen molar-refractivity contribution in [3.8, 4) is 5.75 Å². The molecule has 5 heteroatoms. The Morgan fingerprint density at radius 2 is 1.81 bits per heavy atom. The topological polar surface area (TPSA) is 69.7 Å². The molecule has 1 aromatic carbocycles. The molecule has 16 heavy (non-hydrogen) atoms. The van der Waals surface area contributed by atoms with Gasteiger partial charge in [0.25, 0.3) is 0 Å². The van der Waals surface area contributed by atoms with Crippen LogP contribution in [0.25, 0.3) is 0 Å². The van der Waals surface area contributed by atoms with Gasteiger partial charge in [0.15, 0.2) is 5.84 Å². The summed E-state index contributed by atoms with van der Waals surface area (Å²) in [5, 5.41) is 9.23. The lowest BCUT2D eigenvalue weighted by molar-refractivity contribution is 0.475. The minimum Gasteiger partial charge on any atom is -0.508 e. The molecule has 5 nitrogen and oxygen atoms in total. The summed E-state index contributed by atoms with van der Waals surface area (Å²) in [6.45, 7) is 0. The van der Waals surface area contributed by atoms with Crippen molar-refractivity contribution in [1.29, 1.82) is 0 Å². The highest BCUT2D eigenvalue weighted by atomic mass is 16.3. The monoisotopic (exact) mass is 212 g/mol. The van der Waals surface area contributed by atoms with Gasteiger partial charge in [0.05, 0.1) is 0 Å². The standard InChI is InChI=1S/C11H8N4O/c16-8-3-1-7(2-4-8)9-10-11(14-5-12-9)15-6-13-10/h1-6,9,16H. The zero-order valence-corrected chi connectivity index (χ0v) is 8.28. The van der Waals surface area contributed by atoms with Crippen molar-refractivity contribution in [2.24, 2.45) is 20.0 Å². The zero-order chi connectivity index (χ0) is 11.0. The number of hydrogen-bond donors (Lipinski definition) is 1. The van der Waals surface area contributed by atoms with Crippen LogP contribution in [0.2, 0.25) is 0 Å². The molecule has 78 valence electrons. The molecule has 1 N–H and O–H groups in total. The number of fused-ring (bicyclic) bond motifs is 1. The molecule has 1 atom stereocenters. The van der Waals surface area contributed by atoms with E-state index >= 15 is 0 Å². The minimum absolute atomic E-state index is 0.171. The molecule has 0 spiro atoms. The molecule has 0 bridgehead atoms. The van der Waals surface area contributed by atoms with Crippen molar-refractivity contribution in [3.63, 3.8) is 0 Å². The molecule has 2 heterocycles. The Hall–Kier alpha value is -2.30. The molecule has 0 saturated carbocycles. The van der Waals surface area contributed by atoms with Gasteiger partial charge in [-0.05, 0) is 17.7 Å². The minimum atomic E-state index is -0.171. The number of hydrogen-bond acceptors (Lipinski definition) is 5. The number of benzene rings is 1. The molecular weight excluding hydrogens is 204 g/mol. The molecule has 0 fully saturated rings. The number of phenolic OH excluding ortho intramolecular Hbond substituents is 1. The van der Waals surface area contributed by atoms with Crippen LogP contribution in [0.15, 0.2) is 44.2 Å². The Balaban J connectivity index is 2.00. The molecule has 0 aliphatic carbocycles. The van der Waals surface area contributed by atoms with Crippen molar-refractivity contribution in [2.75, 3.05) is 0 Å². The van der Waals surface area contributed by atoms with Gasteiger partial charge < -0.3 is 5.11 Å². The van der Waals surface area contributed by atoms with Crippen LogP contribution >= 0.6 is 0 Å². The van der Waals surface area contributed by atoms with Crippen LogP contribution in [0.3, 0.4) is 0 Å². The second-order valence-electron chi connectivity index (χ2n) is 3.47. The molecule has 2 aliphatic heterocycles. The molecule has 0 saturated heterocycles. The fourth-order valence-electron chi connectivity index (χ4n) is 1.69. The smallest absolute Gasteiger partial charge is 0.179 e. The predicted octanol–water partition coefficient (Wildman–Crippen LogP) is 1.36. The molecule has 1 unspecified atom stereocenters. The SMILES string of the molecule is Oc1ccc(C2N=CN=C3N=CN=C32)cc1. The average Bonchev–Trinajstić information content (AvgIpc) is 2.78. The first-order chi connectivity index (χ1) is 7.84. The van der Waals surface area contributed by atoms with Crippen LogP contribution in [0.4, 0.5) is 0 Å². The predicted molar refractivity (Wildman–Crippen MR) is 62.7 cm³/mol. The van der Waals surface area contributed by atoms with Gasteiger partial charge >= 0.3 is 0 Å². The Morgan fingerprint density at radius 1 is 1.00 bits per heavy atom. The molecular formula is C11H8N4O. The van der Waals surface area contributed by atoms with Crippen molar-refractivity contribution < 1.29 is 5.11 Å². The molecule has 0 radical (unpaired) electrons. The van der Waals surface area contributed by atoms with E-state index in [4.69, 9.17) is 0 Å². The lowest BCUT2D eigenvalue weighted by Crippen LogP contribution is -2.20. The van der Waals surface area contributed by atoms with Gasteiger partial charge in [-0.1, -0.05) is 12.1 Å². The van der Waals surface area contributed by atoms with Gasteiger partial charge in [-0.15, -0.1) is 0 Å². The fourth-order valence-corrected chi connectivity index (χ4v) is 1.69.